The van der Waals surface area contributed by atoms with E-state index in [0.29, 0.717) is 28.6 Å². The Kier molecular flexibility index (Phi) is 6.81. The van der Waals surface area contributed by atoms with Crippen LogP contribution in [-0.2, 0) is 4.79 Å². The van der Waals surface area contributed by atoms with Gasteiger partial charge >= 0.3 is 0 Å². The maximum Gasteiger partial charge on any atom is 0.266 e. The van der Waals surface area contributed by atoms with Crippen molar-refractivity contribution < 1.29 is 9.53 Å². The second-order valence-corrected chi connectivity index (χ2v) is 6.21. The van der Waals surface area contributed by atoms with Crippen LogP contribution in [0.3, 0.4) is 0 Å². The van der Waals surface area contributed by atoms with Gasteiger partial charge in [-0.15, -0.1) is 0 Å². The zero-order valence-electron chi connectivity index (χ0n) is 13.1. The first-order chi connectivity index (χ1) is 12.0. The van der Waals surface area contributed by atoms with Crippen molar-refractivity contribution in [3.8, 4) is 11.8 Å². The van der Waals surface area contributed by atoms with Crippen molar-refractivity contribution in [1.29, 1.82) is 5.26 Å². The van der Waals surface area contributed by atoms with E-state index in [9.17, 15) is 10.1 Å². The maximum atomic E-state index is 12.3. The number of nitriles is 1. The van der Waals surface area contributed by atoms with Gasteiger partial charge in [-0.2, -0.15) is 5.26 Å². The first-order valence-electron chi connectivity index (χ1n) is 7.25. The van der Waals surface area contributed by atoms with Gasteiger partial charge < -0.3 is 10.1 Å². The molecule has 0 saturated carbocycles. The molecule has 2 aromatic carbocycles. The van der Waals surface area contributed by atoms with Gasteiger partial charge in [-0.05, 0) is 57.9 Å². The Labute approximate surface area is 159 Å². The van der Waals surface area contributed by atoms with Gasteiger partial charge in [0.15, 0.2) is 0 Å². The second-order valence-electron chi connectivity index (χ2n) is 4.92. The Morgan fingerprint density at radius 2 is 2.16 bits per heavy atom. The normalized spacial score (nSPS) is 10.7. The maximum absolute atomic E-state index is 12.3. The zero-order valence-corrected chi connectivity index (χ0v) is 15.5. The third-order valence-electron chi connectivity index (χ3n) is 3.07. The van der Waals surface area contributed by atoms with Gasteiger partial charge in [0.05, 0.1) is 4.47 Å². The largest absolute Gasteiger partial charge is 0.488 e. The van der Waals surface area contributed by atoms with Gasteiger partial charge in [-0.25, -0.2) is 0 Å². The molecule has 25 heavy (non-hydrogen) atoms. The average molecular weight is 418 g/mol. The van der Waals surface area contributed by atoms with Gasteiger partial charge in [0.25, 0.3) is 5.91 Å². The van der Waals surface area contributed by atoms with E-state index in [2.05, 4.69) is 27.8 Å². The summed E-state index contributed by atoms with van der Waals surface area (Å²) in [5.41, 5.74) is 1.19. The molecular weight excluding hydrogens is 404 g/mol. The minimum atomic E-state index is -0.507. The van der Waals surface area contributed by atoms with Gasteiger partial charge in [-0.1, -0.05) is 36.4 Å². The van der Waals surface area contributed by atoms with Crippen LogP contribution < -0.4 is 10.1 Å². The first-order valence-corrected chi connectivity index (χ1v) is 8.42. The second kappa shape index (κ2) is 9.07. The third kappa shape index (κ3) is 5.49. The number of halogens is 2. The zero-order chi connectivity index (χ0) is 18.2. The van der Waals surface area contributed by atoms with E-state index in [1.165, 1.54) is 6.08 Å². The Morgan fingerprint density at radius 3 is 2.80 bits per heavy atom. The Morgan fingerprint density at radius 1 is 1.36 bits per heavy atom. The van der Waals surface area contributed by atoms with Crippen LogP contribution in [0.2, 0.25) is 5.02 Å². The highest BCUT2D eigenvalue weighted by molar-refractivity contribution is 9.10. The molecule has 4 nitrogen and oxygen atoms in total. The summed E-state index contributed by atoms with van der Waals surface area (Å²) in [6.45, 7) is 3.98. The summed E-state index contributed by atoms with van der Waals surface area (Å²) >= 11 is 9.29. The predicted octanol–water partition coefficient (Wildman–Crippen LogP) is 5.21. The van der Waals surface area contributed by atoms with Gasteiger partial charge in [0.2, 0.25) is 0 Å². The molecule has 0 aliphatic heterocycles. The summed E-state index contributed by atoms with van der Waals surface area (Å²) in [5.74, 6) is 0.145. The van der Waals surface area contributed by atoms with Gasteiger partial charge in [-0.3, -0.25) is 4.79 Å². The SMILES string of the molecule is C=CCOc1ccc(C=C(C#N)C(=O)Nc2cccc(Cl)c2)cc1Br. The van der Waals surface area contributed by atoms with Gasteiger partial charge in [0, 0.05) is 10.7 Å². The number of amides is 1. The molecule has 0 aromatic heterocycles. The van der Waals surface area contributed by atoms with E-state index in [1.54, 1.807) is 48.5 Å². The number of hydrogen-bond acceptors (Lipinski definition) is 3. The molecule has 0 atom stereocenters. The smallest absolute Gasteiger partial charge is 0.266 e. The van der Waals surface area contributed by atoms with Crippen LogP contribution in [0.1, 0.15) is 5.56 Å². The van der Waals surface area contributed by atoms with Gasteiger partial charge in [0.1, 0.15) is 24.0 Å². The Hall–Kier alpha value is -2.55. The lowest BCUT2D eigenvalue weighted by Crippen LogP contribution is -2.13. The van der Waals surface area contributed by atoms with Crippen molar-refractivity contribution in [2.75, 3.05) is 11.9 Å². The first kappa shape index (κ1) is 18.8. The summed E-state index contributed by atoms with van der Waals surface area (Å²) in [4.78, 5) is 12.3. The third-order valence-corrected chi connectivity index (χ3v) is 3.93. The molecule has 0 saturated heterocycles. The molecule has 0 aliphatic rings. The van der Waals surface area contributed by atoms with Crippen molar-refractivity contribution in [2.24, 2.45) is 0 Å². The summed E-state index contributed by atoms with van der Waals surface area (Å²) in [6.07, 6.45) is 3.15. The molecule has 0 fully saturated rings. The highest BCUT2D eigenvalue weighted by Gasteiger charge is 2.10. The molecule has 6 heteroatoms. The van der Waals surface area contributed by atoms with Crippen LogP contribution in [0.25, 0.3) is 6.08 Å². The van der Waals surface area contributed by atoms with Crippen LogP contribution >= 0.6 is 27.5 Å². The summed E-state index contributed by atoms with van der Waals surface area (Å²) < 4.78 is 6.19. The number of carbonyl (C=O) groups is 1. The van der Waals surface area contributed by atoms with Crippen LogP contribution in [0.15, 0.2) is 65.2 Å². The fourth-order valence-electron chi connectivity index (χ4n) is 1.95. The fourth-order valence-corrected chi connectivity index (χ4v) is 2.65. The highest BCUT2D eigenvalue weighted by atomic mass is 79.9. The van der Waals surface area contributed by atoms with Crippen LogP contribution in [0.5, 0.6) is 5.75 Å². The number of anilines is 1. The molecule has 1 N–H and O–H groups in total. The van der Waals surface area contributed by atoms with E-state index in [4.69, 9.17) is 16.3 Å². The van der Waals surface area contributed by atoms with E-state index < -0.39 is 5.91 Å². The van der Waals surface area contributed by atoms with Crippen molar-refractivity contribution in [1.82, 2.24) is 0 Å². The number of nitrogens with one attached hydrogen (secondary N) is 1. The molecule has 0 radical (unpaired) electrons. The number of hydrogen-bond donors (Lipinski definition) is 1. The number of rotatable bonds is 6. The van der Waals surface area contributed by atoms with E-state index in [0.717, 1.165) is 4.47 Å². The molecule has 2 rings (SSSR count). The Bertz CT molecular complexity index is 872. The van der Waals surface area contributed by atoms with Crippen molar-refractivity contribution >= 4 is 45.2 Å². The number of ether oxygens (including phenoxy) is 1. The lowest BCUT2D eigenvalue weighted by atomic mass is 10.1. The fraction of sp³-hybridized carbons (Fsp3) is 0.0526. The topological polar surface area (TPSA) is 62.1 Å². The number of nitrogens with zero attached hydrogens (tertiary/aromatic N) is 1. The lowest BCUT2D eigenvalue weighted by molar-refractivity contribution is -0.112. The molecule has 2 aromatic rings. The van der Waals surface area contributed by atoms with Crippen LogP contribution in [-0.4, -0.2) is 12.5 Å². The van der Waals surface area contributed by atoms with E-state index in [-0.39, 0.29) is 5.57 Å². The standard InChI is InChI=1S/C19H14BrClN2O2/c1-2-8-25-18-7-6-13(10-17(18)20)9-14(12-22)19(24)23-16-5-3-4-15(21)11-16/h2-7,9-11H,1,8H2,(H,23,24). The summed E-state index contributed by atoms with van der Waals surface area (Å²) in [6, 6.07) is 13.9. The van der Waals surface area contributed by atoms with Crippen LogP contribution in [0.4, 0.5) is 5.69 Å². The number of benzene rings is 2. The minimum Gasteiger partial charge on any atom is -0.488 e. The van der Waals surface area contributed by atoms with E-state index >= 15 is 0 Å². The molecule has 0 heterocycles. The molecule has 126 valence electrons. The molecular formula is C19H14BrClN2O2. The summed E-state index contributed by atoms with van der Waals surface area (Å²) in [7, 11) is 0. The minimum absolute atomic E-state index is 0.0216. The van der Waals surface area contributed by atoms with Crippen molar-refractivity contribution in [2.45, 2.75) is 0 Å². The van der Waals surface area contributed by atoms with Crippen molar-refractivity contribution in [3.05, 3.63) is 75.8 Å². The quantitative estimate of drug-likeness (QED) is 0.398. The highest BCUT2D eigenvalue weighted by Crippen LogP contribution is 2.27. The molecule has 0 aliphatic carbocycles. The van der Waals surface area contributed by atoms with Crippen molar-refractivity contribution in [3.63, 3.8) is 0 Å². The van der Waals surface area contributed by atoms with E-state index in [1.807, 2.05) is 6.07 Å². The average Bonchev–Trinajstić information content (AvgIpc) is 2.58. The van der Waals surface area contributed by atoms with Crippen LogP contribution in [0, 0.1) is 11.3 Å². The lowest BCUT2D eigenvalue weighted by Gasteiger charge is -2.07. The molecule has 1 amide bonds. The summed E-state index contributed by atoms with van der Waals surface area (Å²) in [5, 5.41) is 12.4. The number of carbonyl (C=O) groups excluding carboxylic acids is 1. The molecule has 0 bridgehead atoms. The molecule has 0 spiro atoms. The molecule has 0 unspecified atom stereocenters. The predicted molar refractivity (Wildman–Crippen MR) is 104 cm³/mol. The monoisotopic (exact) mass is 416 g/mol. The Balaban J connectivity index is 2.19.